The zero-order valence-corrected chi connectivity index (χ0v) is 16.8. The maximum absolute atomic E-state index is 12.5. The first-order chi connectivity index (χ1) is 12.0. The van der Waals surface area contributed by atoms with Crippen LogP contribution in [-0.2, 0) is 27.7 Å². The van der Waals surface area contributed by atoms with Gasteiger partial charge in [0, 0.05) is 38.6 Å². The van der Waals surface area contributed by atoms with Crippen LogP contribution in [0.15, 0.2) is 23.1 Å². The van der Waals surface area contributed by atoms with Gasteiger partial charge in [0.2, 0.25) is 15.9 Å². The zero-order valence-electron chi connectivity index (χ0n) is 15.2. The van der Waals surface area contributed by atoms with Crippen LogP contribution in [0, 0.1) is 0 Å². The molecule has 1 aromatic carbocycles. The molecule has 0 aromatic heterocycles. The van der Waals surface area contributed by atoms with Gasteiger partial charge in [-0.15, -0.1) is 12.4 Å². The number of amides is 1. The maximum atomic E-state index is 12.5. The molecule has 1 fully saturated rings. The standard InChI is InChI=1S/C18H27N3O3S.ClH/c1-14-13-19-10-11-21(14)18(22)8-9-20-25(23,24)17-7-6-15-4-2-3-5-16(15)12-17;/h6-7,12,14,19-20H,2-5,8-11,13H2,1H3;1H. The van der Waals surface area contributed by atoms with Crippen LogP contribution >= 0.6 is 12.4 Å². The van der Waals surface area contributed by atoms with Gasteiger partial charge in [-0.1, -0.05) is 6.07 Å². The number of rotatable bonds is 5. The second-order valence-corrected chi connectivity index (χ2v) is 8.69. The summed E-state index contributed by atoms with van der Waals surface area (Å²) in [6.07, 6.45) is 4.44. The minimum atomic E-state index is -3.57. The largest absolute Gasteiger partial charge is 0.337 e. The lowest BCUT2D eigenvalue weighted by Gasteiger charge is -2.34. The molecular weight excluding hydrogens is 374 g/mol. The number of benzene rings is 1. The van der Waals surface area contributed by atoms with Crippen LogP contribution in [0.4, 0.5) is 0 Å². The molecule has 3 rings (SSSR count). The molecule has 2 N–H and O–H groups in total. The van der Waals surface area contributed by atoms with Gasteiger partial charge in [-0.3, -0.25) is 4.79 Å². The molecule has 1 saturated heterocycles. The molecule has 1 aromatic rings. The lowest BCUT2D eigenvalue weighted by atomic mass is 9.92. The lowest BCUT2D eigenvalue weighted by molar-refractivity contribution is -0.133. The van der Waals surface area contributed by atoms with E-state index in [2.05, 4.69) is 10.0 Å². The van der Waals surface area contributed by atoms with Crippen molar-refractivity contribution in [2.24, 2.45) is 0 Å². The van der Waals surface area contributed by atoms with Crippen molar-refractivity contribution >= 4 is 28.3 Å². The summed E-state index contributed by atoms with van der Waals surface area (Å²) in [7, 11) is -3.57. The van der Waals surface area contributed by atoms with Gasteiger partial charge in [-0.25, -0.2) is 13.1 Å². The van der Waals surface area contributed by atoms with Gasteiger partial charge in [-0.2, -0.15) is 0 Å². The summed E-state index contributed by atoms with van der Waals surface area (Å²) in [6, 6.07) is 5.54. The van der Waals surface area contributed by atoms with E-state index in [9.17, 15) is 13.2 Å². The van der Waals surface area contributed by atoms with E-state index in [-0.39, 0.29) is 37.3 Å². The molecule has 1 aliphatic carbocycles. The fourth-order valence-electron chi connectivity index (χ4n) is 3.61. The number of nitrogens with zero attached hydrogens (tertiary/aromatic N) is 1. The van der Waals surface area contributed by atoms with Crippen LogP contribution in [0.25, 0.3) is 0 Å². The van der Waals surface area contributed by atoms with Gasteiger partial charge in [0.05, 0.1) is 4.90 Å². The average Bonchev–Trinajstić information content (AvgIpc) is 2.61. The Balaban J connectivity index is 0.00000243. The molecule has 1 amide bonds. The smallest absolute Gasteiger partial charge is 0.240 e. The van der Waals surface area contributed by atoms with Crippen molar-refractivity contribution in [2.45, 2.75) is 50.0 Å². The Morgan fingerprint density at radius 2 is 2.00 bits per heavy atom. The molecule has 0 saturated carbocycles. The quantitative estimate of drug-likeness (QED) is 0.783. The van der Waals surface area contributed by atoms with Crippen LogP contribution in [0.3, 0.4) is 0 Å². The van der Waals surface area contributed by atoms with Crippen LogP contribution in [0.1, 0.15) is 37.3 Å². The molecule has 0 bridgehead atoms. The molecule has 8 heteroatoms. The van der Waals surface area contributed by atoms with E-state index in [1.807, 2.05) is 17.9 Å². The summed E-state index contributed by atoms with van der Waals surface area (Å²) in [5.74, 6) is 0.00198. The summed E-state index contributed by atoms with van der Waals surface area (Å²) in [6.45, 7) is 4.39. The number of halogens is 1. The predicted molar refractivity (Wildman–Crippen MR) is 104 cm³/mol. The third-order valence-corrected chi connectivity index (χ3v) is 6.54. The van der Waals surface area contributed by atoms with Gasteiger partial charge in [-0.05, 0) is 55.9 Å². The van der Waals surface area contributed by atoms with Crippen molar-refractivity contribution in [3.63, 3.8) is 0 Å². The first-order valence-corrected chi connectivity index (χ1v) is 10.6. The van der Waals surface area contributed by atoms with Gasteiger partial charge in [0.15, 0.2) is 0 Å². The monoisotopic (exact) mass is 401 g/mol. The van der Waals surface area contributed by atoms with Gasteiger partial charge in [0.1, 0.15) is 0 Å². The van der Waals surface area contributed by atoms with Crippen molar-refractivity contribution in [1.29, 1.82) is 0 Å². The van der Waals surface area contributed by atoms with Crippen LogP contribution in [-0.4, -0.2) is 51.4 Å². The van der Waals surface area contributed by atoms with Crippen molar-refractivity contribution < 1.29 is 13.2 Å². The highest BCUT2D eigenvalue weighted by atomic mass is 35.5. The fourth-order valence-corrected chi connectivity index (χ4v) is 4.69. The molecule has 1 atom stereocenters. The molecule has 146 valence electrons. The molecular formula is C18H28ClN3O3S. The minimum Gasteiger partial charge on any atom is -0.337 e. The van der Waals surface area contributed by atoms with E-state index >= 15 is 0 Å². The Morgan fingerprint density at radius 3 is 2.73 bits per heavy atom. The first kappa shape index (κ1) is 21.2. The topological polar surface area (TPSA) is 78.5 Å². The van der Waals surface area contributed by atoms with Crippen LogP contribution in [0.5, 0.6) is 0 Å². The highest BCUT2D eigenvalue weighted by Crippen LogP contribution is 2.24. The number of aryl methyl sites for hydroxylation is 2. The number of sulfonamides is 1. The van der Waals surface area contributed by atoms with E-state index in [0.717, 1.165) is 37.9 Å². The average molecular weight is 402 g/mol. The van der Waals surface area contributed by atoms with Crippen molar-refractivity contribution in [3.8, 4) is 0 Å². The van der Waals surface area contributed by atoms with Gasteiger partial charge >= 0.3 is 0 Å². The summed E-state index contributed by atoms with van der Waals surface area (Å²) in [5, 5.41) is 3.24. The molecule has 1 unspecified atom stereocenters. The number of hydrogen-bond donors (Lipinski definition) is 2. The number of nitrogens with one attached hydrogen (secondary N) is 2. The predicted octanol–water partition coefficient (Wildman–Crippen LogP) is 1.48. The van der Waals surface area contributed by atoms with Crippen LogP contribution in [0.2, 0.25) is 0 Å². The van der Waals surface area contributed by atoms with Crippen LogP contribution < -0.4 is 10.0 Å². The summed E-state index contributed by atoms with van der Waals surface area (Å²) in [4.78, 5) is 14.4. The number of piperazine rings is 1. The third-order valence-electron chi connectivity index (χ3n) is 5.08. The van der Waals surface area contributed by atoms with E-state index in [0.29, 0.717) is 11.4 Å². The van der Waals surface area contributed by atoms with Crippen molar-refractivity contribution in [3.05, 3.63) is 29.3 Å². The molecule has 0 spiro atoms. The highest BCUT2D eigenvalue weighted by molar-refractivity contribution is 7.89. The molecule has 26 heavy (non-hydrogen) atoms. The number of carbonyl (C=O) groups excluding carboxylic acids is 1. The molecule has 1 heterocycles. The van der Waals surface area contributed by atoms with Crippen molar-refractivity contribution in [2.75, 3.05) is 26.2 Å². The molecule has 6 nitrogen and oxygen atoms in total. The van der Waals surface area contributed by atoms with E-state index in [1.54, 1.807) is 12.1 Å². The minimum absolute atomic E-state index is 0. The van der Waals surface area contributed by atoms with Gasteiger partial charge in [0.25, 0.3) is 0 Å². The number of fused-ring (bicyclic) bond motifs is 1. The Hall–Kier alpha value is -1.15. The number of hydrogen-bond acceptors (Lipinski definition) is 4. The Labute approximate surface area is 162 Å². The maximum Gasteiger partial charge on any atom is 0.240 e. The number of carbonyl (C=O) groups is 1. The normalized spacial score (nSPS) is 20.2. The Morgan fingerprint density at radius 1 is 1.27 bits per heavy atom. The summed E-state index contributed by atoms with van der Waals surface area (Å²) >= 11 is 0. The third kappa shape index (κ3) is 4.97. The lowest BCUT2D eigenvalue weighted by Crippen LogP contribution is -2.52. The van der Waals surface area contributed by atoms with Gasteiger partial charge < -0.3 is 10.2 Å². The molecule has 1 aliphatic heterocycles. The summed E-state index contributed by atoms with van der Waals surface area (Å²) in [5.41, 5.74) is 2.40. The second-order valence-electron chi connectivity index (χ2n) is 6.93. The zero-order chi connectivity index (χ0) is 17.9. The molecule has 0 radical (unpaired) electrons. The highest BCUT2D eigenvalue weighted by Gasteiger charge is 2.23. The van der Waals surface area contributed by atoms with E-state index in [1.165, 1.54) is 12.0 Å². The summed E-state index contributed by atoms with van der Waals surface area (Å²) < 4.78 is 27.6. The Kier molecular flexibility index (Phi) is 7.46. The van der Waals surface area contributed by atoms with E-state index in [4.69, 9.17) is 0 Å². The molecule has 2 aliphatic rings. The Bertz CT molecular complexity index is 739. The SMILES string of the molecule is CC1CNCCN1C(=O)CCNS(=O)(=O)c1ccc2c(c1)CCCC2.Cl. The van der Waals surface area contributed by atoms with E-state index < -0.39 is 10.0 Å². The van der Waals surface area contributed by atoms with Crippen molar-refractivity contribution in [1.82, 2.24) is 14.9 Å². The fraction of sp³-hybridized carbons (Fsp3) is 0.611. The second kappa shape index (κ2) is 9.17. The first-order valence-electron chi connectivity index (χ1n) is 9.09.